The molecule has 0 radical (unpaired) electrons. The number of piperazine rings is 1. The summed E-state index contributed by atoms with van der Waals surface area (Å²) < 4.78 is 15.2. The summed E-state index contributed by atoms with van der Waals surface area (Å²) in [6, 6.07) is 6.97. The van der Waals surface area contributed by atoms with Crippen molar-refractivity contribution >= 4 is 23.5 Å². The third-order valence-corrected chi connectivity index (χ3v) is 5.37. The maximum atomic E-state index is 13.3. The standard InChI is InChI=1S/C21H27N3O6/c1-4-22-9-11-23(12-10-22)19(25)15-7-5-6-8-17(15)24-14-30-13-16(20(26)28-2)18(24)21(27)29-3/h5-8H,4,9-14H2,1-3H3. The van der Waals surface area contributed by atoms with Crippen LogP contribution >= 0.6 is 0 Å². The predicted octanol–water partition coefficient (Wildman–Crippen LogP) is 0.859. The van der Waals surface area contributed by atoms with Gasteiger partial charge in [0.1, 0.15) is 12.4 Å². The number of nitrogens with zero attached hydrogens (tertiary/aromatic N) is 3. The van der Waals surface area contributed by atoms with Crippen LogP contribution in [0.1, 0.15) is 17.3 Å². The van der Waals surface area contributed by atoms with E-state index in [1.807, 2.05) is 0 Å². The molecular formula is C21H27N3O6. The number of anilines is 1. The fraction of sp³-hybridized carbons (Fsp3) is 0.476. The zero-order chi connectivity index (χ0) is 21.7. The van der Waals surface area contributed by atoms with Gasteiger partial charge in [-0.25, -0.2) is 9.59 Å². The van der Waals surface area contributed by atoms with Crippen molar-refractivity contribution in [1.29, 1.82) is 0 Å². The first-order valence-electron chi connectivity index (χ1n) is 9.87. The molecule has 0 spiro atoms. The molecule has 0 bridgehead atoms. The van der Waals surface area contributed by atoms with Crippen molar-refractivity contribution in [2.24, 2.45) is 0 Å². The van der Waals surface area contributed by atoms with Gasteiger partial charge in [-0.1, -0.05) is 19.1 Å². The minimum atomic E-state index is -0.697. The number of para-hydroxylation sites is 1. The van der Waals surface area contributed by atoms with Crippen molar-refractivity contribution < 1.29 is 28.6 Å². The highest BCUT2D eigenvalue weighted by Crippen LogP contribution is 2.30. The van der Waals surface area contributed by atoms with E-state index in [4.69, 9.17) is 14.2 Å². The average Bonchev–Trinajstić information content (AvgIpc) is 2.82. The summed E-state index contributed by atoms with van der Waals surface area (Å²) in [5.41, 5.74) is 0.974. The molecule has 0 atom stereocenters. The number of hydrogen-bond acceptors (Lipinski definition) is 8. The number of esters is 2. The van der Waals surface area contributed by atoms with Crippen LogP contribution in [0.2, 0.25) is 0 Å². The predicted molar refractivity (Wildman–Crippen MR) is 109 cm³/mol. The van der Waals surface area contributed by atoms with Gasteiger partial charge >= 0.3 is 11.9 Å². The minimum absolute atomic E-state index is 0.00116. The number of hydrogen-bond donors (Lipinski definition) is 0. The number of benzene rings is 1. The molecule has 0 saturated carbocycles. The molecular weight excluding hydrogens is 390 g/mol. The molecule has 2 aliphatic heterocycles. The molecule has 9 heteroatoms. The van der Waals surface area contributed by atoms with Crippen molar-refractivity contribution in [3.63, 3.8) is 0 Å². The maximum Gasteiger partial charge on any atom is 0.355 e. The smallest absolute Gasteiger partial charge is 0.355 e. The zero-order valence-corrected chi connectivity index (χ0v) is 17.6. The Morgan fingerprint density at radius 3 is 2.30 bits per heavy atom. The summed E-state index contributed by atoms with van der Waals surface area (Å²) in [6.07, 6.45) is 0. The molecule has 1 fully saturated rings. The summed E-state index contributed by atoms with van der Waals surface area (Å²) in [7, 11) is 2.47. The number of rotatable bonds is 5. The molecule has 2 aliphatic rings. The Hall–Kier alpha value is -2.91. The number of amides is 1. The fourth-order valence-corrected chi connectivity index (χ4v) is 3.66. The molecule has 0 N–H and O–H groups in total. The summed E-state index contributed by atoms with van der Waals surface area (Å²) in [6.45, 7) is 5.86. The van der Waals surface area contributed by atoms with Gasteiger partial charge in [0.2, 0.25) is 0 Å². The second kappa shape index (κ2) is 9.73. The fourth-order valence-electron chi connectivity index (χ4n) is 3.66. The van der Waals surface area contributed by atoms with Gasteiger partial charge in [0.15, 0.2) is 0 Å². The lowest BCUT2D eigenvalue weighted by Crippen LogP contribution is -2.49. The van der Waals surface area contributed by atoms with Gasteiger partial charge in [0.05, 0.1) is 37.7 Å². The van der Waals surface area contributed by atoms with Gasteiger partial charge in [-0.05, 0) is 18.7 Å². The lowest BCUT2D eigenvalue weighted by molar-refractivity contribution is -0.140. The topological polar surface area (TPSA) is 88.6 Å². The quantitative estimate of drug-likeness (QED) is 0.652. The van der Waals surface area contributed by atoms with Gasteiger partial charge in [0, 0.05) is 26.2 Å². The largest absolute Gasteiger partial charge is 0.466 e. The first-order valence-corrected chi connectivity index (χ1v) is 9.87. The lowest BCUT2D eigenvalue weighted by atomic mass is 10.1. The number of carbonyl (C=O) groups is 3. The molecule has 0 aromatic heterocycles. The first kappa shape index (κ1) is 21.8. The highest BCUT2D eigenvalue weighted by atomic mass is 16.5. The number of ether oxygens (including phenoxy) is 3. The van der Waals surface area contributed by atoms with Gasteiger partial charge in [-0.3, -0.25) is 4.79 Å². The molecule has 1 amide bonds. The Balaban J connectivity index is 1.98. The van der Waals surface area contributed by atoms with Crippen LogP contribution in [0.4, 0.5) is 5.69 Å². The van der Waals surface area contributed by atoms with Crippen LogP contribution in [0, 0.1) is 0 Å². The Labute approximate surface area is 175 Å². The van der Waals surface area contributed by atoms with E-state index in [0.717, 1.165) is 19.6 Å². The van der Waals surface area contributed by atoms with Crippen molar-refractivity contribution in [1.82, 2.24) is 9.80 Å². The molecule has 30 heavy (non-hydrogen) atoms. The van der Waals surface area contributed by atoms with Crippen LogP contribution in [0.15, 0.2) is 35.5 Å². The van der Waals surface area contributed by atoms with Crippen LogP contribution in [0.5, 0.6) is 0 Å². The van der Waals surface area contributed by atoms with E-state index in [0.29, 0.717) is 24.3 Å². The van der Waals surface area contributed by atoms with E-state index in [1.54, 1.807) is 29.2 Å². The van der Waals surface area contributed by atoms with E-state index < -0.39 is 11.9 Å². The highest BCUT2D eigenvalue weighted by molar-refractivity contribution is 6.06. The normalized spacial score (nSPS) is 17.7. The minimum Gasteiger partial charge on any atom is -0.466 e. The molecule has 0 aliphatic carbocycles. The van der Waals surface area contributed by atoms with E-state index >= 15 is 0 Å². The Morgan fingerprint density at radius 1 is 1.00 bits per heavy atom. The summed E-state index contributed by atoms with van der Waals surface area (Å²) in [5.74, 6) is -1.51. The SMILES string of the molecule is CCN1CCN(C(=O)c2ccccc2N2COCC(C(=O)OC)=C2C(=O)OC)CC1. The van der Waals surface area contributed by atoms with Crippen LogP contribution in [-0.2, 0) is 23.8 Å². The molecule has 9 nitrogen and oxygen atoms in total. The first-order chi connectivity index (χ1) is 14.5. The van der Waals surface area contributed by atoms with Crippen LogP contribution in [0.3, 0.4) is 0 Å². The van der Waals surface area contributed by atoms with Gasteiger partial charge < -0.3 is 28.9 Å². The molecule has 3 rings (SSSR count). The summed E-state index contributed by atoms with van der Waals surface area (Å²) >= 11 is 0. The molecule has 0 unspecified atom stereocenters. The second-order valence-electron chi connectivity index (χ2n) is 6.96. The van der Waals surface area contributed by atoms with Gasteiger partial charge in [0.25, 0.3) is 5.91 Å². The average molecular weight is 417 g/mol. The zero-order valence-electron chi connectivity index (χ0n) is 17.6. The summed E-state index contributed by atoms with van der Waals surface area (Å²) in [5, 5.41) is 0. The Morgan fingerprint density at radius 2 is 1.67 bits per heavy atom. The Kier molecular flexibility index (Phi) is 7.07. The van der Waals surface area contributed by atoms with E-state index in [9.17, 15) is 14.4 Å². The van der Waals surface area contributed by atoms with E-state index in [1.165, 1.54) is 19.1 Å². The van der Waals surface area contributed by atoms with E-state index in [2.05, 4.69) is 11.8 Å². The molecule has 2 heterocycles. The molecule has 1 aromatic carbocycles. The number of carbonyl (C=O) groups excluding carboxylic acids is 3. The second-order valence-corrected chi connectivity index (χ2v) is 6.96. The van der Waals surface area contributed by atoms with Crippen LogP contribution in [0.25, 0.3) is 0 Å². The number of methoxy groups -OCH3 is 2. The third-order valence-electron chi connectivity index (χ3n) is 5.37. The summed E-state index contributed by atoms with van der Waals surface area (Å²) in [4.78, 5) is 43.7. The molecule has 1 aromatic rings. The molecule has 1 saturated heterocycles. The third kappa shape index (κ3) is 4.31. The van der Waals surface area contributed by atoms with Crippen LogP contribution < -0.4 is 4.90 Å². The highest BCUT2D eigenvalue weighted by Gasteiger charge is 2.34. The van der Waals surface area contributed by atoms with Gasteiger partial charge in [-0.2, -0.15) is 0 Å². The molecule has 162 valence electrons. The van der Waals surface area contributed by atoms with Crippen molar-refractivity contribution in [3.05, 3.63) is 41.1 Å². The van der Waals surface area contributed by atoms with Gasteiger partial charge in [-0.15, -0.1) is 0 Å². The van der Waals surface area contributed by atoms with Crippen molar-refractivity contribution in [2.45, 2.75) is 6.92 Å². The Bertz CT molecular complexity index is 845. The van der Waals surface area contributed by atoms with Crippen molar-refractivity contribution in [2.75, 3.05) is 65.2 Å². The number of likely N-dealkylation sites (N-methyl/N-ethyl adjacent to an activating group) is 1. The lowest BCUT2D eigenvalue weighted by Gasteiger charge is -2.36. The van der Waals surface area contributed by atoms with E-state index in [-0.39, 0.29) is 30.5 Å². The van der Waals surface area contributed by atoms with Crippen LogP contribution in [-0.4, -0.2) is 87.9 Å². The monoisotopic (exact) mass is 417 g/mol. The maximum absolute atomic E-state index is 13.3. The van der Waals surface area contributed by atoms with Crippen molar-refractivity contribution in [3.8, 4) is 0 Å².